The van der Waals surface area contributed by atoms with Gasteiger partial charge >= 0.3 is 6.09 Å². The summed E-state index contributed by atoms with van der Waals surface area (Å²) < 4.78 is 35.6. The van der Waals surface area contributed by atoms with Gasteiger partial charge in [-0.05, 0) is 12.8 Å². The molecule has 1 aliphatic rings. The lowest BCUT2D eigenvalue weighted by Crippen LogP contribution is -2.45. The Bertz CT molecular complexity index is 377. The van der Waals surface area contributed by atoms with Crippen LogP contribution in [0.2, 0.25) is 0 Å². The van der Waals surface area contributed by atoms with Crippen molar-refractivity contribution < 1.29 is 27.8 Å². The van der Waals surface area contributed by atoms with Crippen LogP contribution in [0, 0.1) is 0 Å². The van der Waals surface area contributed by atoms with E-state index in [9.17, 15) is 13.2 Å². The number of sulfonamides is 1. The van der Waals surface area contributed by atoms with E-state index in [2.05, 4.69) is 10.0 Å². The van der Waals surface area contributed by atoms with Crippen molar-refractivity contribution in [2.75, 3.05) is 32.6 Å². The summed E-state index contributed by atoms with van der Waals surface area (Å²) >= 11 is 0. The van der Waals surface area contributed by atoms with Crippen molar-refractivity contribution in [2.24, 2.45) is 0 Å². The molecule has 2 atom stereocenters. The molecule has 0 radical (unpaired) electrons. The smallest absolute Gasteiger partial charge is 0.404 e. The molecule has 0 spiro atoms. The molecule has 9 heteroatoms. The number of carboxylic acid groups (broad SMARTS) is 1. The minimum absolute atomic E-state index is 0.0839. The zero-order chi connectivity index (χ0) is 14.3. The second kappa shape index (κ2) is 7.63. The van der Waals surface area contributed by atoms with Gasteiger partial charge in [-0.2, -0.15) is 0 Å². The van der Waals surface area contributed by atoms with Crippen LogP contribution < -0.4 is 10.0 Å². The molecule has 8 nitrogen and oxygen atoms in total. The van der Waals surface area contributed by atoms with Crippen molar-refractivity contribution in [1.29, 1.82) is 0 Å². The Hall–Kier alpha value is -0.900. The van der Waals surface area contributed by atoms with Crippen LogP contribution in [0.25, 0.3) is 0 Å². The van der Waals surface area contributed by atoms with Gasteiger partial charge in [0.05, 0.1) is 31.1 Å². The summed E-state index contributed by atoms with van der Waals surface area (Å²) in [6.07, 6.45) is -0.0504. The van der Waals surface area contributed by atoms with E-state index in [4.69, 9.17) is 14.6 Å². The lowest BCUT2D eigenvalue weighted by Gasteiger charge is -2.28. The molecule has 1 saturated heterocycles. The van der Waals surface area contributed by atoms with Crippen LogP contribution in [-0.2, 0) is 19.5 Å². The van der Waals surface area contributed by atoms with Crippen molar-refractivity contribution in [3.63, 3.8) is 0 Å². The molecule has 1 heterocycles. The van der Waals surface area contributed by atoms with Gasteiger partial charge in [0.25, 0.3) is 0 Å². The van der Waals surface area contributed by atoms with Crippen LogP contribution >= 0.6 is 0 Å². The van der Waals surface area contributed by atoms with Gasteiger partial charge in [0.15, 0.2) is 0 Å². The Balaban J connectivity index is 2.24. The zero-order valence-electron chi connectivity index (χ0n) is 10.8. The highest BCUT2D eigenvalue weighted by atomic mass is 32.2. The van der Waals surface area contributed by atoms with E-state index in [0.29, 0.717) is 12.8 Å². The number of hydrogen-bond acceptors (Lipinski definition) is 5. The molecule has 0 bridgehead atoms. The molecule has 0 aromatic heterocycles. The first-order chi connectivity index (χ1) is 8.93. The lowest BCUT2D eigenvalue weighted by molar-refractivity contribution is 0.00199. The van der Waals surface area contributed by atoms with Crippen molar-refractivity contribution in [3.05, 3.63) is 0 Å². The second-order valence-corrected chi connectivity index (χ2v) is 6.27. The summed E-state index contributed by atoms with van der Waals surface area (Å²) in [5, 5.41) is 10.9. The molecule has 1 aliphatic heterocycles. The predicted molar refractivity (Wildman–Crippen MR) is 67.6 cm³/mol. The van der Waals surface area contributed by atoms with Crippen LogP contribution in [-0.4, -0.2) is 64.4 Å². The van der Waals surface area contributed by atoms with Crippen LogP contribution in [0.1, 0.15) is 12.8 Å². The number of ether oxygens (including phenoxy) is 2. The fourth-order valence-electron chi connectivity index (χ4n) is 1.74. The van der Waals surface area contributed by atoms with E-state index < -0.39 is 16.1 Å². The molecule has 112 valence electrons. The highest BCUT2D eigenvalue weighted by Crippen LogP contribution is 2.13. The maximum atomic E-state index is 11.5. The van der Waals surface area contributed by atoms with E-state index in [0.717, 1.165) is 0 Å². The molecule has 0 saturated carbocycles. The maximum absolute atomic E-state index is 11.5. The molecule has 0 aliphatic carbocycles. The van der Waals surface area contributed by atoms with Crippen molar-refractivity contribution in [2.45, 2.75) is 25.0 Å². The summed E-state index contributed by atoms with van der Waals surface area (Å²) in [7, 11) is -1.90. The van der Waals surface area contributed by atoms with Crippen molar-refractivity contribution in [1.82, 2.24) is 10.0 Å². The highest BCUT2D eigenvalue weighted by Gasteiger charge is 2.24. The molecule has 1 fully saturated rings. The molecule has 19 heavy (non-hydrogen) atoms. The third-order valence-corrected chi connectivity index (χ3v) is 4.10. The number of carbonyl (C=O) groups is 1. The van der Waals surface area contributed by atoms with Gasteiger partial charge in [-0.3, -0.25) is 0 Å². The molecule has 0 aromatic carbocycles. The minimum atomic E-state index is -3.34. The van der Waals surface area contributed by atoms with Gasteiger partial charge in [0, 0.05) is 13.7 Å². The quantitative estimate of drug-likeness (QED) is 0.576. The average Bonchev–Trinajstić information content (AvgIpc) is 2.35. The largest absolute Gasteiger partial charge is 0.465 e. The first-order valence-corrected chi connectivity index (χ1v) is 7.65. The normalized spacial score (nSPS) is 24.1. The van der Waals surface area contributed by atoms with Gasteiger partial charge in [-0.1, -0.05) is 0 Å². The van der Waals surface area contributed by atoms with Crippen LogP contribution in [0.3, 0.4) is 0 Å². The Morgan fingerprint density at radius 1 is 1.47 bits per heavy atom. The summed E-state index contributed by atoms with van der Waals surface area (Å²) in [5.74, 6) is -0.0839. The highest BCUT2D eigenvalue weighted by molar-refractivity contribution is 7.89. The summed E-state index contributed by atoms with van der Waals surface area (Å²) in [5.41, 5.74) is 0. The van der Waals surface area contributed by atoms with Crippen LogP contribution in [0.4, 0.5) is 4.79 Å². The fraction of sp³-hybridized carbons (Fsp3) is 0.900. The van der Waals surface area contributed by atoms with E-state index in [1.54, 1.807) is 0 Å². The monoisotopic (exact) mass is 296 g/mol. The Morgan fingerprint density at radius 3 is 2.74 bits per heavy atom. The first-order valence-electron chi connectivity index (χ1n) is 6.00. The summed E-state index contributed by atoms with van der Waals surface area (Å²) in [4.78, 5) is 10.4. The molecular weight excluding hydrogens is 276 g/mol. The van der Waals surface area contributed by atoms with E-state index in [1.165, 1.54) is 7.11 Å². The van der Waals surface area contributed by atoms with Crippen molar-refractivity contribution in [3.8, 4) is 0 Å². The molecule has 1 rings (SSSR count). The standard InChI is InChI=1S/C10H20N2O6S/c1-17-4-5-19(15,16)11-6-9-3-2-8(7-18-9)12-10(13)14/h8-9,11-12H,2-7H2,1H3,(H,13,14)/t8-,9+/m1/s1. The van der Waals surface area contributed by atoms with Gasteiger partial charge < -0.3 is 19.9 Å². The zero-order valence-corrected chi connectivity index (χ0v) is 11.6. The Labute approximate surface area is 112 Å². The Morgan fingerprint density at radius 2 is 2.21 bits per heavy atom. The second-order valence-electron chi connectivity index (χ2n) is 4.34. The molecule has 0 unspecified atom stereocenters. The number of amides is 1. The number of methoxy groups -OCH3 is 1. The lowest BCUT2D eigenvalue weighted by atomic mass is 10.1. The van der Waals surface area contributed by atoms with E-state index in [1.807, 2.05) is 0 Å². The number of hydrogen-bond donors (Lipinski definition) is 3. The number of rotatable bonds is 7. The fourth-order valence-corrected chi connectivity index (χ4v) is 2.71. The SMILES string of the molecule is COCCS(=O)(=O)NC[C@@H]1CC[C@@H](NC(=O)O)CO1. The maximum Gasteiger partial charge on any atom is 0.404 e. The first kappa shape index (κ1) is 16.2. The van der Waals surface area contributed by atoms with Gasteiger partial charge in [-0.15, -0.1) is 0 Å². The molecular formula is C10H20N2O6S. The third-order valence-electron chi connectivity index (χ3n) is 2.78. The molecule has 3 N–H and O–H groups in total. The van der Waals surface area contributed by atoms with Gasteiger partial charge in [0.1, 0.15) is 0 Å². The van der Waals surface area contributed by atoms with E-state index in [-0.39, 0.29) is 37.7 Å². The van der Waals surface area contributed by atoms with Crippen LogP contribution in [0.15, 0.2) is 0 Å². The summed E-state index contributed by atoms with van der Waals surface area (Å²) in [6, 6.07) is -0.223. The number of nitrogens with one attached hydrogen (secondary N) is 2. The van der Waals surface area contributed by atoms with Gasteiger partial charge in [0.2, 0.25) is 10.0 Å². The third kappa shape index (κ3) is 6.71. The van der Waals surface area contributed by atoms with Gasteiger partial charge in [-0.25, -0.2) is 17.9 Å². The van der Waals surface area contributed by atoms with Crippen molar-refractivity contribution >= 4 is 16.1 Å². The topological polar surface area (TPSA) is 114 Å². The van der Waals surface area contributed by atoms with Crippen LogP contribution in [0.5, 0.6) is 0 Å². The minimum Gasteiger partial charge on any atom is -0.465 e. The summed E-state index contributed by atoms with van der Waals surface area (Å²) in [6.45, 7) is 0.605. The Kier molecular flexibility index (Phi) is 6.49. The average molecular weight is 296 g/mol. The molecule has 1 amide bonds. The predicted octanol–water partition coefficient (Wildman–Crippen LogP) is -0.633. The molecule has 0 aromatic rings. The van der Waals surface area contributed by atoms with E-state index >= 15 is 0 Å².